The van der Waals surface area contributed by atoms with Gasteiger partial charge in [-0.25, -0.2) is 0 Å². The molecule has 7 heteroatoms. The van der Waals surface area contributed by atoms with E-state index in [1.165, 1.54) is 0 Å². The minimum atomic E-state index is -3.46. The van der Waals surface area contributed by atoms with Gasteiger partial charge in [0, 0.05) is 18.2 Å². The number of thiocarbonyl (C=S) groups is 1. The zero-order valence-corrected chi connectivity index (χ0v) is 11.9. The van der Waals surface area contributed by atoms with Crippen molar-refractivity contribution in [3.63, 3.8) is 0 Å². The van der Waals surface area contributed by atoms with Crippen molar-refractivity contribution in [2.75, 3.05) is 0 Å². The maximum Gasteiger partial charge on any atom is 0.277 e. The van der Waals surface area contributed by atoms with Crippen molar-refractivity contribution in [1.82, 2.24) is 9.44 Å². The van der Waals surface area contributed by atoms with Crippen molar-refractivity contribution >= 4 is 27.4 Å². The summed E-state index contributed by atoms with van der Waals surface area (Å²) in [6.07, 6.45) is 0. The molecule has 18 heavy (non-hydrogen) atoms. The molecule has 1 aromatic carbocycles. The molecule has 0 spiro atoms. The van der Waals surface area contributed by atoms with Crippen LogP contribution in [0.2, 0.25) is 0 Å². The molecule has 0 aliphatic rings. The molecule has 100 valence electrons. The molecule has 0 aliphatic carbocycles. The van der Waals surface area contributed by atoms with E-state index in [-0.39, 0.29) is 12.6 Å². The normalized spacial score (nSPS) is 11.7. The highest BCUT2D eigenvalue weighted by molar-refractivity contribution is 7.87. The van der Waals surface area contributed by atoms with Crippen LogP contribution in [-0.4, -0.2) is 19.4 Å². The van der Waals surface area contributed by atoms with Gasteiger partial charge in [0.2, 0.25) is 0 Å². The lowest BCUT2D eigenvalue weighted by atomic mass is 10.1. The molecule has 0 fully saturated rings. The summed E-state index contributed by atoms with van der Waals surface area (Å²) in [5.74, 6) is 0. The molecule has 4 N–H and O–H groups in total. The predicted molar refractivity (Wildman–Crippen MR) is 76.4 cm³/mol. The summed E-state index contributed by atoms with van der Waals surface area (Å²) in [4.78, 5) is 0.323. The summed E-state index contributed by atoms with van der Waals surface area (Å²) in [7, 11) is -3.46. The number of benzene rings is 1. The van der Waals surface area contributed by atoms with Gasteiger partial charge >= 0.3 is 0 Å². The second-order valence-corrected chi connectivity index (χ2v) is 6.13. The SMILES string of the molecule is CC(C)NS(=O)(=O)NCc1ccc(C(N)=S)cc1. The number of nitrogens with one attached hydrogen (secondary N) is 2. The summed E-state index contributed by atoms with van der Waals surface area (Å²) in [6.45, 7) is 3.74. The third kappa shape index (κ3) is 5.09. The fraction of sp³-hybridized carbons (Fsp3) is 0.364. The van der Waals surface area contributed by atoms with Gasteiger partial charge in [0.1, 0.15) is 4.99 Å². The van der Waals surface area contributed by atoms with Gasteiger partial charge in [-0.05, 0) is 19.4 Å². The fourth-order valence-corrected chi connectivity index (χ4v) is 2.51. The fourth-order valence-electron chi connectivity index (χ4n) is 1.32. The van der Waals surface area contributed by atoms with Gasteiger partial charge in [-0.1, -0.05) is 36.5 Å². The Morgan fingerprint density at radius 2 is 1.89 bits per heavy atom. The van der Waals surface area contributed by atoms with Gasteiger partial charge in [0.05, 0.1) is 0 Å². The van der Waals surface area contributed by atoms with E-state index >= 15 is 0 Å². The highest BCUT2D eigenvalue weighted by Gasteiger charge is 2.10. The van der Waals surface area contributed by atoms with Crippen molar-refractivity contribution < 1.29 is 8.42 Å². The van der Waals surface area contributed by atoms with Crippen LogP contribution in [0.5, 0.6) is 0 Å². The van der Waals surface area contributed by atoms with Crippen molar-refractivity contribution in [2.24, 2.45) is 5.73 Å². The van der Waals surface area contributed by atoms with E-state index in [9.17, 15) is 8.42 Å². The Hall–Kier alpha value is -1.02. The molecule has 0 saturated carbocycles. The standard InChI is InChI=1S/C11H17N3O2S2/c1-8(2)14-18(15,16)13-7-9-3-5-10(6-4-9)11(12)17/h3-6,8,13-14H,7H2,1-2H3,(H2,12,17). The molecule has 0 unspecified atom stereocenters. The van der Waals surface area contributed by atoms with E-state index in [1.54, 1.807) is 38.1 Å². The number of nitrogens with two attached hydrogens (primary N) is 1. The van der Waals surface area contributed by atoms with Crippen LogP contribution in [0.3, 0.4) is 0 Å². The van der Waals surface area contributed by atoms with Crippen molar-refractivity contribution in [3.8, 4) is 0 Å². The molecule has 0 saturated heterocycles. The molecular formula is C11H17N3O2S2. The Labute approximate surface area is 113 Å². The molecule has 0 bridgehead atoms. The molecule has 1 aromatic rings. The topological polar surface area (TPSA) is 84.2 Å². The first-order valence-corrected chi connectivity index (χ1v) is 7.35. The van der Waals surface area contributed by atoms with E-state index in [2.05, 4.69) is 9.44 Å². The number of rotatable bonds is 6. The Bertz CT molecular complexity index is 510. The first kappa shape index (κ1) is 15.0. The van der Waals surface area contributed by atoms with Crippen LogP contribution in [0, 0.1) is 0 Å². The summed E-state index contributed by atoms with van der Waals surface area (Å²) in [5, 5.41) is 0. The van der Waals surface area contributed by atoms with Crippen LogP contribution in [-0.2, 0) is 16.8 Å². The quantitative estimate of drug-likeness (QED) is 0.671. The molecule has 1 rings (SSSR count). The average molecular weight is 287 g/mol. The van der Waals surface area contributed by atoms with Crippen LogP contribution in [0.25, 0.3) is 0 Å². The highest BCUT2D eigenvalue weighted by Crippen LogP contribution is 2.04. The molecule has 0 aliphatic heterocycles. The molecule has 0 heterocycles. The molecular weight excluding hydrogens is 270 g/mol. The lowest BCUT2D eigenvalue weighted by molar-refractivity contribution is 0.554. The number of hydrogen-bond acceptors (Lipinski definition) is 3. The van der Waals surface area contributed by atoms with Crippen LogP contribution >= 0.6 is 12.2 Å². The van der Waals surface area contributed by atoms with Crippen LogP contribution < -0.4 is 15.2 Å². The maximum absolute atomic E-state index is 11.5. The monoisotopic (exact) mass is 287 g/mol. The van der Waals surface area contributed by atoms with Crippen molar-refractivity contribution in [2.45, 2.75) is 26.4 Å². The van der Waals surface area contributed by atoms with Crippen molar-refractivity contribution in [1.29, 1.82) is 0 Å². The van der Waals surface area contributed by atoms with Gasteiger partial charge in [-0.2, -0.15) is 17.9 Å². The summed E-state index contributed by atoms with van der Waals surface area (Å²) >= 11 is 4.83. The van der Waals surface area contributed by atoms with Gasteiger partial charge in [-0.3, -0.25) is 0 Å². The molecule has 5 nitrogen and oxygen atoms in total. The van der Waals surface area contributed by atoms with E-state index < -0.39 is 10.2 Å². The van der Waals surface area contributed by atoms with Crippen LogP contribution in [0.1, 0.15) is 25.0 Å². The minimum Gasteiger partial charge on any atom is -0.389 e. The number of hydrogen-bond donors (Lipinski definition) is 3. The Kier molecular flexibility index (Phi) is 5.21. The zero-order valence-electron chi connectivity index (χ0n) is 10.3. The first-order chi connectivity index (χ1) is 8.30. The zero-order chi connectivity index (χ0) is 13.8. The van der Waals surface area contributed by atoms with Crippen LogP contribution in [0.4, 0.5) is 0 Å². The lowest BCUT2D eigenvalue weighted by Gasteiger charge is -2.10. The lowest BCUT2D eigenvalue weighted by Crippen LogP contribution is -2.39. The van der Waals surface area contributed by atoms with Crippen LogP contribution in [0.15, 0.2) is 24.3 Å². The van der Waals surface area contributed by atoms with Gasteiger partial charge in [0.25, 0.3) is 10.2 Å². The molecule has 0 amide bonds. The second-order valence-electron chi connectivity index (χ2n) is 4.16. The molecule has 0 radical (unpaired) electrons. The first-order valence-electron chi connectivity index (χ1n) is 5.46. The average Bonchev–Trinajstić information content (AvgIpc) is 2.25. The van der Waals surface area contributed by atoms with E-state index in [0.717, 1.165) is 11.1 Å². The highest BCUT2D eigenvalue weighted by atomic mass is 32.2. The molecule has 0 atom stereocenters. The Morgan fingerprint density at radius 1 is 1.33 bits per heavy atom. The minimum absolute atomic E-state index is 0.139. The second kappa shape index (κ2) is 6.24. The maximum atomic E-state index is 11.5. The summed E-state index contributed by atoms with van der Waals surface area (Å²) in [6, 6.07) is 6.96. The third-order valence-electron chi connectivity index (χ3n) is 2.10. The van der Waals surface area contributed by atoms with Gasteiger partial charge in [0.15, 0.2) is 0 Å². The largest absolute Gasteiger partial charge is 0.389 e. The molecule has 0 aromatic heterocycles. The van der Waals surface area contributed by atoms with Gasteiger partial charge < -0.3 is 5.73 Å². The van der Waals surface area contributed by atoms with Gasteiger partial charge in [-0.15, -0.1) is 0 Å². The van der Waals surface area contributed by atoms with E-state index in [0.29, 0.717) is 4.99 Å². The van der Waals surface area contributed by atoms with E-state index in [1.807, 2.05) is 0 Å². The predicted octanol–water partition coefficient (Wildman–Crippen LogP) is 0.653. The summed E-state index contributed by atoms with van der Waals surface area (Å²) in [5.41, 5.74) is 7.07. The van der Waals surface area contributed by atoms with Crippen molar-refractivity contribution in [3.05, 3.63) is 35.4 Å². The smallest absolute Gasteiger partial charge is 0.277 e. The third-order valence-corrected chi connectivity index (χ3v) is 3.64. The summed E-state index contributed by atoms with van der Waals surface area (Å²) < 4.78 is 27.9. The Morgan fingerprint density at radius 3 is 2.33 bits per heavy atom. The van der Waals surface area contributed by atoms with E-state index in [4.69, 9.17) is 18.0 Å². The Balaban J connectivity index is 2.61.